The average Bonchev–Trinajstić information content (AvgIpc) is 2.25. The van der Waals surface area contributed by atoms with Gasteiger partial charge in [-0.1, -0.05) is 13.8 Å². The molecule has 0 bridgehead atoms. The molecule has 0 N–H and O–H groups in total. The first-order valence-electron chi connectivity index (χ1n) is 5.02. The molecule has 0 radical (unpaired) electrons. The number of hydrogen-bond donors (Lipinski definition) is 0. The van der Waals surface area contributed by atoms with Gasteiger partial charge in [-0.25, -0.2) is 4.79 Å². The van der Waals surface area contributed by atoms with Crippen molar-refractivity contribution >= 4 is 17.8 Å². The van der Waals surface area contributed by atoms with E-state index in [1.54, 1.807) is 4.90 Å². The van der Waals surface area contributed by atoms with E-state index in [1.165, 1.54) is 0 Å². The van der Waals surface area contributed by atoms with Crippen molar-refractivity contribution < 1.29 is 4.79 Å². The van der Waals surface area contributed by atoms with Gasteiger partial charge < -0.3 is 9.80 Å². The number of thioether (sulfide) groups is 1. The van der Waals surface area contributed by atoms with E-state index < -0.39 is 0 Å². The second kappa shape index (κ2) is 4.43. The highest BCUT2D eigenvalue weighted by atomic mass is 32.2. The van der Waals surface area contributed by atoms with Crippen LogP contribution in [0.4, 0.5) is 4.79 Å². The number of urea groups is 1. The van der Waals surface area contributed by atoms with Gasteiger partial charge in [-0.05, 0) is 6.42 Å². The zero-order valence-corrected chi connectivity index (χ0v) is 10.4. The summed E-state index contributed by atoms with van der Waals surface area (Å²) in [5.41, 5.74) is 0. The van der Waals surface area contributed by atoms with E-state index in [0.717, 1.165) is 25.3 Å². The molecule has 1 rings (SSSR count). The molecule has 0 aliphatic carbocycles. The van der Waals surface area contributed by atoms with Crippen LogP contribution in [0.25, 0.3) is 0 Å². The molecular formula is C10H20N2OS. The van der Waals surface area contributed by atoms with Gasteiger partial charge in [-0.15, -0.1) is 0 Å². The van der Waals surface area contributed by atoms with Crippen molar-refractivity contribution in [3.63, 3.8) is 0 Å². The lowest BCUT2D eigenvalue weighted by Crippen LogP contribution is -2.40. The van der Waals surface area contributed by atoms with Crippen LogP contribution in [0, 0.1) is 0 Å². The molecule has 14 heavy (non-hydrogen) atoms. The highest BCUT2D eigenvalue weighted by Crippen LogP contribution is 2.30. The van der Waals surface area contributed by atoms with Gasteiger partial charge in [0.15, 0.2) is 0 Å². The minimum Gasteiger partial charge on any atom is -0.331 e. The molecule has 1 fully saturated rings. The highest BCUT2D eigenvalue weighted by molar-refractivity contribution is 8.00. The van der Waals surface area contributed by atoms with Crippen LogP contribution in [-0.4, -0.2) is 53.5 Å². The van der Waals surface area contributed by atoms with Gasteiger partial charge in [-0.2, -0.15) is 11.8 Å². The number of nitrogens with zero attached hydrogens (tertiary/aromatic N) is 2. The number of amides is 2. The number of carbonyl (C=O) groups is 1. The summed E-state index contributed by atoms with van der Waals surface area (Å²) >= 11 is 1.96. The van der Waals surface area contributed by atoms with Crippen LogP contribution in [0.15, 0.2) is 0 Å². The first-order chi connectivity index (χ1) is 6.42. The summed E-state index contributed by atoms with van der Waals surface area (Å²) in [5.74, 6) is 1.05. The summed E-state index contributed by atoms with van der Waals surface area (Å²) in [7, 11) is 3.62. The van der Waals surface area contributed by atoms with Crippen LogP contribution in [0.5, 0.6) is 0 Å². The molecule has 0 spiro atoms. The Morgan fingerprint density at radius 3 is 2.57 bits per heavy atom. The monoisotopic (exact) mass is 216 g/mol. The fourth-order valence-electron chi connectivity index (χ4n) is 1.49. The summed E-state index contributed by atoms with van der Waals surface area (Å²) in [4.78, 5) is 15.3. The van der Waals surface area contributed by atoms with E-state index in [2.05, 4.69) is 13.8 Å². The van der Waals surface area contributed by atoms with Crippen LogP contribution in [0.2, 0.25) is 0 Å². The van der Waals surface area contributed by atoms with Crippen LogP contribution in [0.3, 0.4) is 0 Å². The fourth-order valence-corrected chi connectivity index (χ4v) is 2.59. The molecule has 1 aliphatic rings. The molecule has 0 atom stereocenters. The Hall–Kier alpha value is -0.380. The second-order valence-electron chi connectivity index (χ2n) is 4.52. The maximum Gasteiger partial charge on any atom is 0.319 e. The molecule has 0 unspecified atom stereocenters. The Kier molecular flexibility index (Phi) is 3.70. The van der Waals surface area contributed by atoms with Crippen molar-refractivity contribution in [1.82, 2.24) is 9.80 Å². The topological polar surface area (TPSA) is 23.6 Å². The minimum absolute atomic E-state index is 0.142. The summed E-state index contributed by atoms with van der Waals surface area (Å²) in [6.45, 7) is 6.27. The third-order valence-corrected chi connectivity index (χ3v) is 3.86. The van der Waals surface area contributed by atoms with Crippen LogP contribution in [0.1, 0.15) is 20.3 Å². The van der Waals surface area contributed by atoms with E-state index in [1.807, 2.05) is 30.8 Å². The zero-order valence-electron chi connectivity index (χ0n) is 9.54. The molecule has 1 saturated heterocycles. The second-order valence-corrected chi connectivity index (χ2v) is 6.32. The number of hydrogen-bond acceptors (Lipinski definition) is 2. The zero-order chi connectivity index (χ0) is 10.8. The highest BCUT2D eigenvalue weighted by Gasteiger charge is 2.26. The Morgan fingerprint density at radius 2 is 2.00 bits per heavy atom. The fraction of sp³-hybridized carbons (Fsp3) is 0.900. The van der Waals surface area contributed by atoms with Gasteiger partial charge in [0.25, 0.3) is 0 Å². The molecule has 1 aliphatic heterocycles. The third kappa shape index (κ3) is 3.08. The predicted octanol–water partition coefficient (Wildman–Crippen LogP) is 1.89. The Labute approximate surface area is 90.8 Å². The standard InChI is InChI=1S/C10H20N2OS/c1-10(2)5-6-12(7-8-14-10)9(13)11(3)4/h5-8H2,1-4H3. The first kappa shape index (κ1) is 11.7. The van der Waals surface area contributed by atoms with Crippen LogP contribution in [-0.2, 0) is 0 Å². The summed E-state index contributed by atoms with van der Waals surface area (Å²) in [6.07, 6.45) is 1.08. The van der Waals surface area contributed by atoms with Gasteiger partial charge in [0, 0.05) is 37.7 Å². The third-order valence-electron chi connectivity index (χ3n) is 2.49. The lowest BCUT2D eigenvalue weighted by molar-refractivity contribution is 0.173. The van der Waals surface area contributed by atoms with Gasteiger partial charge >= 0.3 is 6.03 Å². The Morgan fingerprint density at radius 1 is 1.36 bits per heavy atom. The summed E-state index contributed by atoms with van der Waals surface area (Å²) in [5, 5.41) is 0. The molecule has 0 aromatic heterocycles. The van der Waals surface area contributed by atoms with Crippen molar-refractivity contribution in [2.24, 2.45) is 0 Å². The van der Waals surface area contributed by atoms with E-state index in [4.69, 9.17) is 0 Å². The Bertz CT molecular complexity index is 216. The van der Waals surface area contributed by atoms with Crippen molar-refractivity contribution in [2.45, 2.75) is 25.0 Å². The SMILES string of the molecule is CN(C)C(=O)N1CCSC(C)(C)CC1. The average molecular weight is 216 g/mol. The summed E-state index contributed by atoms with van der Waals surface area (Å²) in [6, 6.07) is 0.142. The number of rotatable bonds is 0. The molecule has 3 nitrogen and oxygen atoms in total. The molecule has 0 saturated carbocycles. The van der Waals surface area contributed by atoms with Gasteiger partial charge in [0.05, 0.1) is 0 Å². The van der Waals surface area contributed by atoms with Crippen LogP contribution >= 0.6 is 11.8 Å². The largest absolute Gasteiger partial charge is 0.331 e. The van der Waals surface area contributed by atoms with Crippen molar-refractivity contribution in [1.29, 1.82) is 0 Å². The van der Waals surface area contributed by atoms with Crippen molar-refractivity contribution in [3.05, 3.63) is 0 Å². The Balaban J connectivity index is 2.54. The maximum atomic E-state index is 11.7. The van der Waals surface area contributed by atoms with E-state index in [-0.39, 0.29) is 6.03 Å². The summed E-state index contributed by atoms with van der Waals surface area (Å²) < 4.78 is 0.321. The van der Waals surface area contributed by atoms with Crippen molar-refractivity contribution in [3.8, 4) is 0 Å². The predicted molar refractivity (Wildman–Crippen MR) is 61.8 cm³/mol. The normalized spacial score (nSPS) is 21.6. The van der Waals surface area contributed by atoms with Gasteiger partial charge in [-0.3, -0.25) is 0 Å². The van der Waals surface area contributed by atoms with E-state index >= 15 is 0 Å². The molecular weight excluding hydrogens is 196 g/mol. The first-order valence-corrected chi connectivity index (χ1v) is 6.01. The van der Waals surface area contributed by atoms with Crippen LogP contribution < -0.4 is 0 Å². The lowest BCUT2D eigenvalue weighted by Gasteiger charge is -2.25. The molecule has 1 heterocycles. The maximum absolute atomic E-state index is 11.7. The quantitative estimate of drug-likeness (QED) is 0.617. The molecule has 2 amide bonds. The lowest BCUT2D eigenvalue weighted by atomic mass is 10.1. The van der Waals surface area contributed by atoms with E-state index in [9.17, 15) is 4.79 Å². The molecule has 4 heteroatoms. The smallest absolute Gasteiger partial charge is 0.319 e. The van der Waals surface area contributed by atoms with Gasteiger partial charge in [0.2, 0.25) is 0 Å². The number of carbonyl (C=O) groups excluding carboxylic acids is 1. The minimum atomic E-state index is 0.142. The van der Waals surface area contributed by atoms with E-state index in [0.29, 0.717) is 4.75 Å². The molecule has 0 aromatic rings. The van der Waals surface area contributed by atoms with Crippen molar-refractivity contribution in [2.75, 3.05) is 32.9 Å². The molecule has 82 valence electrons. The van der Waals surface area contributed by atoms with Gasteiger partial charge in [0.1, 0.15) is 0 Å². The molecule has 0 aromatic carbocycles.